The largest absolute Gasteiger partial charge is 0.299 e. The second kappa shape index (κ2) is 6.43. The van der Waals surface area contributed by atoms with Crippen LogP contribution >= 0.6 is 15.9 Å². The van der Waals surface area contributed by atoms with Crippen molar-refractivity contribution in [2.24, 2.45) is 0 Å². The third-order valence-corrected chi connectivity index (χ3v) is 3.83. The molecule has 98 valence electrons. The summed E-state index contributed by atoms with van der Waals surface area (Å²) in [6, 6.07) is 7.69. The first kappa shape index (κ1) is 13.7. The van der Waals surface area contributed by atoms with Gasteiger partial charge < -0.3 is 0 Å². The Morgan fingerprint density at radius 3 is 2.44 bits per heavy atom. The lowest BCUT2D eigenvalue weighted by Gasteiger charge is -2.28. The molecule has 0 radical (unpaired) electrons. The van der Waals surface area contributed by atoms with Crippen LogP contribution in [0.1, 0.15) is 28.8 Å². The number of benzene rings is 1. The van der Waals surface area contributed by atoms with Gasteiger partial charge >= 0.3 is 0 Å². The fraction of sp³-hybridized carbons (Fsp3) is 0.500. The van der Waals surface area contributed by atoms with Crippen LogP contribution < -0.4 is 0 Å². The summed E-state index contributed by atoms with van der Waals surface area (Å²) >= 11 is 3.16. The number of hydrogen-bond donors (Lipinski definition) is 0. The Morgan fingerprint density at radius 1 is 1.28 bits per heavy atom. The molecule has 1 heterocycles. The lowest BCUT2D eigenvalue weighted by Crippen LogP contribution is -2.33. The van der Waals surface area contributed by atoms with Crippen LogP contribution in [0.3, 0.4) is 0 Å². The van der Waals surface area contributed by atoms with E-state index in [9.17, 15) is 9.18 Å². The molecule has 0 aromatic heterocycles. The molecule has 1 fully saturated rings. The zero-order valence-corrected chi connectivity index (χ0v) is 11.8. The predicted molar refractivity (Wildman–Crippen MR) is 74.0 cm³/mol. The van der Waals surface area contributed by atoms with Crippen molar-refractivity contribution in [2.45, 2.75) is 25.6 Å². The van der Waals surface area contributed by atoms with Crippen molar-refractivity contribution in [2.75, 3.05) is 18.4 Å². The zero-order valence-electron chi connectivity index (χ0n) is 10.2. The summed E-state index contributed by atoms with van der Waals surface area (Å²) in [5.41, 5.74) is 1.91. The Labute approximate surface area is 115 Å². The minimum Gasteiger partial charge on any atom is -0.299 e. The van der Waals surface area contributed by atoms with E-state index < -0.39 is 6.17 Å². The number of Topliss-reactive ketones (excluding diaryl/α,β-unsaturated/α-hetero) is 1. The van der Waals surface area contributed by atoms with E-state index in [0.29, 0.717) is 18.2 Å². The summed E-state index contributed by atoms with van der Waals surface area (Å²) in [5.74, 6) is 0.0970. The molecule has 2 rings (SSSR count). The minimum absolute atomic E-state index is 0.0970. The van der Waals surface area contributed by atoms with E-state index in [1.54, 1.807) is 0 Å². The Morgan fingerprint density at radius 2 is 1.89 bits per heavy atom. The number of nitrogens with zero attached hydrogens (tertiary/aromatic N) is 1. The summed E-state index contributed by atoms with van der Waals surface area (Å²) < 4.78 is 13.0. The second-order valence-electron chi connectivity index (χ2n) is 4.70. The molecule has 0 amide bonds. The molecule has 1 aliphatic rings. The van der Waals surface area contributed by atoms with Gasteiger partial charge in [0.05, 0.1) is 5.33 Å². The van der Waals surface area contributed by atoms with Gasteiger partial charge in [-0.3, -0.25) is 9.69 Å². The highest BCUT2D eigenvalue weighted by Gasteiger charge is 2.18. The van der Waals surface area contributed by atoms with E-state index in [1.807, 2.05) is 24.3 Å². The third-order valence-electron chi connectivity index (χ3n) is 3.32. The van der Waals surface area contributed by atoms with Gasteiger partial charge in [-0.1, -0.05) is 40.2 Å². The van der Waals surface area contributed by atoms with Crippen LogP contribution in [-0.4, -0.2) is 35.3 Å². The van der Waals surface area contributed by atoms with Gasteiger partial charge in [0, 0.05) is 25.2 Å². The van der Waals surface area contributed by atoms with E-state index in [0.717, 1.165) is 25.2 Å². The number of likely N-dealkylation sites (tertiary alicyclic amines) is 1. The first-order valence-electron chi connectivity index (χ1n) is 6.23. The standard InChI is InChI=1S/C14H17BrFNO/c15-9-14(18)12-3-1-11(2-4-12)10-17-7-5-13(16)6-8-17/h1-4,13H,5-10H2. The average molecular weight is 314 g/mol. The molecule has 0 bridgehead atoms. The van der Waals surface area contributed by atoms with Crippen molar-refractivity contribution in [3.63, 3.8) is 0 Å². The van der Waals surface area contributed by atoms with E-state index >= 15 is 0 Å². The van der Waals surface area contributed by atoms with Crippen LogP contribution in [-0.2, 0) is 6.54 Å². The van der Waals surface area contributed by atoms with Crippen molar-refractivity contribution in [1.82, 2.24) is 4.90 Å². The van der Waals surface area contributed by atoms with Gasteiger partial charge in [0.25, 0.3) is 0 Å². The summed E-state index contributed by atoms with van der Waals surface area (Å²) in [5, 5.41) is 0.358. The van der Waals surface area contributed by atoms with Gasteiger partial charge in [-0.15, -0.1) is 0 Å². The SMILES string of the molecule is O=C(CBr)c1ccc(CN2CCC(F)CC2)cc1. The molecule has 1 saturated heterocycles. The molecule has 1 aliphatic heterocycles. The molecule has 4 heteroatoms. The van der Waals surface area contributed by atoms with Crippen molar-refractivity contribution in [1.29, 1.82) is 0 Å². The number of carbonyl (C=O) groups is 1. The van der Waals surface area contributed by atoms with Crippen molar-refractivity contribution in [3.05, 3.63) is 35.4 Å². The highest BCUT2D eigenvalue weighted by molar-refractivity contribution is 9.09. The van der Waals surface area contributed by atoms with E-state index in [-0.39, 0.29) is 5.78 Å². The molecule has 0 spiro atoms. The molecule has 0 N–H and O–H groups in total. The van der Waals surface area contributed by atoms with Gasteiger partial charge in [-0.2, -0.15) is 0 Å². The smallest absolute Gasteiger partial charge is 0.173 e. The molecule has 0 aliphatic carbocycles. The molecular formula is C14H17BrFNO. The molecule has 2 nitrogen and oxygen atoms in total. The zero-order chi connectivity index (χ0) is 13.0. The predicted octanol–water partition coefficient (Wildman–Crippen LogP) is 3.20. The lowest BCUT2D eigenvalue weighted by molar-refractivity contribution is 0.102. The van der Waals surface area contributed by atoms with Crippen LogP contribution in [0.15, 0.2) is 24.3 Å². The van der Waals surface area contributed by atoms with E-state index in [2.05, 4.69) is 20.8 Å². The topological polar surface area (TPSA) is 20.3 Å². The van der Waals surface area contributed by atoms with Gasteiger partial charge in [0.2, 0.25) is 0 Å². The minimum atomic E-state index is -0.625. The third kappa shape index (κ3) is 3.62. The highest BCUT2D eigenvalue weighted by Crippen LogP contribution is 2.16. The maximum atomic E-state index is 13.0. The maximum Gasteiger partial charge on any atom is 0.173 e. The normalized spacial score (nSPS) is 17.9. The summed E-state index contributed by atoms with van der Waals surface area (Å²) in [4.78, 5) is 13.7. The summed E-state index contributed by atoms with van der Waals surface area (Å²) in [6.45, 7) is 2.49. The average Bonchev–Trinajstić information content (AvgIpc) is 2.41. The molecule has 1 aromatic rings. The number of piperidine rings is 1. The van der Waals surface area contributed by atoms with Gasteiger partial charge in [-0.05, 0) is 18.4 Å². The fourth-order valence-corrected chi connectivity index (χ4v) is 2.51. The Hall–Kier alpha value is -0.740. The Balaban J connectivity index is 1.92. The number of carbonyl (C=O) groups excluding carboxylic acids is 1. The molecule has 18 heavy (non-hydrogen) atoms. The number of hydrogen-bond acceptors (Lipinski definition) is 2. The van der Waals surface area contributed by atoms with Crippen LogP contribution in [0.2, 0.25) is 0 Å². The van der Waals surface area contributed by atoms with Gasteiger partial charge in [0.1, 0.15) is 6.17 Å². The Kier molecular flexibility index (Phi) is 4.89. The quantitative estimate of drug-likeness (QED) is 0.628. The number of alkyl halides is 2. The highest BCUT2D eigenvalue weighted by atomic mass is 79.9. The molecule has 0 unspecified atom stereocenters. The lowest BCUT2D eigenvalue weighted by atomic mass is 10.1. The van der Waals surface area contributed by atoms with Gasteiger partial charge in [0.15, 0.2) is 5.78 Å². The Bertz CT molecular complexity index is 399. The van der Waals surface area contributed by atoms with E-state index in [1.165, 1.54) is 5.56 Å². The maximum absolute atomic E-state index is 13.0. The first-order chi connectivity index (χ1) is 8.69. The second-order valence-corrected chi connectivity index (χ2v) is 5.27. The summed E-state index contributed by atoms with van der Waals surface area (Å²) in [6.07, 6.45) is 0.653. The van der Waals surface area contributed by atoms with Gasteiger partial charge in [-0.25, -0.2) is 4.39 Å². The number of halogens is 2. The van der Waals surface area contributed by atoms with Crippen LogP contribution in [0.4, 0.5) is 4.39 Å². The number of rotatable bonds is 4. The molecular weight excluding hydrogens is 297 g/mol. The van der Waals surface area contributed by atoms with Crippen LogP contribution in [0, 0.1) is 0 Å². The monoisotopic (exact) mass is 313 g/mol. The number of ketones is 1. The first-order valence-corrected chi connectivity index (χ1v) is 7.35. The fourth-order valence-electron chi connectivity index (χ4n) is 2.19. The molecule has 0 saturated carbocycles. The van der Waals surface area contributed by atoms with Crippen molar-refractivity contribution >= 4 is 21.7 Å². The van der Waals surface area contributed by atoms with Crippen molar-refractivity contribution < 1.29 is 9.18 Å². The summed E-state index contributed by atoms with van der Waals surface area (Å²) in [7, 11) is 0. The van der Waals surface area contributed by atoms with E-state index in [4.69, 9.17) is 0 Å². The van der Waals surface area contributed by atoms with Crippen molar-refractivity contribution in [3.8, 4) is 0 Å². The van der Waals surface area contributed by atoms with Crippen LogP contribution in [0.5, 0.6) is 0 Å². The molecule has 1 aromatic carbocycles. The van der Waals surface area contributed by atoms with Crippen LogP contribution in [0.25, 0.3) is 0 Å². The molecule has 0 atom stereocenters.